The number of aryl methyl sites for hydroxylation is 2. The van der Waals surface area contributed by atoms with E-state index in [9.17, 15) is 0 Å². The second-order valence-corrected chi connectivity index (χ2v) is 12.3. The highest BCUT2D eigenvalue weighted by atomic mass is 15.2. The van der Waals surface area contributed by atoms with Gasteiger partial charge in [-0.15, -0.1) is 0 Å². The van der Waals surface area contributed by atoms with Crippen molar-refractivity contribution in [1.82, 2.24) is 19.1 Å². The van der Waals surface area contributed by atoms with Crippen LogP contribution in [0.4, 0.5) is 0 Å². The Morgan fingerprint density at radius 2 is 1.02 bits per heavy atom. The van der Waals surface area contributed by atoms with Gasteiger partial charge in [-0.2, -0.15) is 0 Å². The molecule has 9 aromatic rings. The fraction of sp³-hybridized carbons (Fsp3) is 0.0698. The van der Waals surface area contributed by atoms with E-state index < -0.39 is 0 Å². The van der Waals surface area contributed by atoms with Crippen molar-refractivity contribution in [2.45, 2.75) is 20.3 Å². The Hall–Kier alpha value is -6.00. The van der Waals surface area contributed by atoms with Gasteiger partial charge in [-0.25, -0.2) is 9.97 Å². The van der Waals surface area contributed by atoms with Crippen molar-refractivity contribution in [3.05, 3.63) is 157 Å². The normalized spacial score (nSPS) is 11.7. The third-order valence-corrected chi connectivity index (χ3v) is 9.35. The summed E-state index contributed by atoms with van der Waals surface area (Å²) in [6, 6.07) is 51.8. The summed E-state index contributed by atoms with van der Waals surface area (Å²) in [7, 11) is 0. The molecule has 0 radical (unpaired) electrons. The minimum Gasteiger partial charge on any atom is -0.307 e. The Bertz CT molecular complexity index is 2540. The summed E-state index contributed by atoms with van der Waals surface area (Å²) in [5, 5.41) is 4.84. The lowest BCUT2D eigenvalue weighted by Gasteiger charge is -2.14. The largest absolute Gasteiger partial charge is 0.307 e. The van der Waals surface area contributed by atoms with Crippen molar-refractivity contribution >= 4 is 43.6 Å². The summed E-state index contributed by atoms with van der Waals surface area (Å²) in [6.45, 7) is 4.38. The number of hydrogen-bond donors (Lipinski definition) is 0. The van der Waals surface area contributed by atoms with Gasteiger partial charge < -0.3 is 4.57 Å². The van der Waals surface area contributed by atoms with Gasteiger partial charge >= 0.3 is 0 Å². The van der Waals surface area contributed by atoms with Crippen molar-refractivity contribution in [3.8, 4) is 34.2 Å². The average molecular weight is 605 g/mol. The number of hydrogen-bond acceptors (Lipinski definition) is 2. The fourth-order valence-electron chi connectivity index (χ4n) is 7.08. The van der Waals surface area contributed by atoms with Gasteiger partial charge in [0.1, 0.15) is 0 Å². The average Bonchev–Trinajstić information content (AvgIpc) is 3.64. The second kappa shape index (κ2) is 10.8. The lowest BCUT2D eigenvalue weighted by atomic mass is 10.1. The second-order valence-electron chi connectivity index (χ2n) is 12.3. The zero-order valence-corrected chi connectivity index (χ0v) is 26.4. The number of nitrogens with zero attached hydrogens (tertiary/aromatic N) is 4. The Morgan fingerprint density at radius 3 is 1.64 bits per heavy atom. The quantitative estimate of drug-likeness (QED) is 0.196. The fourth-order valence-corrected chi connectivity index (χ4v) is 7.08. The third kappa shape index (κ3) is 4.37. The lowest BCUT2D eigenvalue weighted by Crippen LogP contribution is -2.05. The van der Waals surface area contributed by atoms with Crippen LogP contribution in [0.3, 0.4) is 0 Å². The standard InChI is InChI=1S/C43H32N4/c1-3-29-20-24-39-36(26-29)34-22-21-33-35-25-28(2)19-23-40(35)47(42(33)41(34)46(39)32-17-11-6-12-18-32)43-44-37(30-13-7-4-8-14-30)27-38(45-43)31-15-9-5-10-16-31/h4-27H,3H2,1-2H3. The molecule has 9 rings (SSSR count). The van der Waals surface area contributed by atoms with Crippen molar-refractivity contribution in [2.24, 2.45) is 0 Å². The molecule has 3 aromatic heterocycles. The number of aromatic nitrogens is 4. The van der Waals surface area contributed by atoms with Crippen molar-refractivity contribution in [1.29, 1.82) is 0 Å². The van der Waals surface area contributed by atoms with E-state index in [1.807, 2.05) is 12.1 Å². The number of fused-ring (bicyclic) bond motifs is 7. The van der Waals surface area contributed by atoms with E-state index in [0.29, 0.717) is 5.95 Å². The number of para-hydroxylation sites is 1. The molecule has 0 N–H and O–H groups in total. The van der Waals surface area contributed by atoms with E-state index in [1.165, 1.54) is 38.2 Å². The van der Waals surface area contributed by atoms with E-state index in [4.69, 9.17) is 9.97 Å². The third-order valence-electron chi connectivity index (χ3n) is 9.35. The number of benzene rings is 6. The van der Waals surface area contributed by atoms with Gasteiger partial charge in [-0.3, -0.25) is 4.57 Å². The SMILES string of the molecule is CCc1ccc2c(c1)c1ccc3c4cc(C)ccc4n(-c4nc(-c5ccccc5)cc(-c5ccccc5)n4)c3c1n2-c1ccccc1. The molecule has 0 atom stereocenters. The van der Waals surface area contributed by atoms with Crippen LogP contribution in [0.15, 0.2) is 146 Å². The van der Waals surface area contributed by atoms with Crippen LogP contribution in [0.1, 0.15) is 18.1 Å². The van der Waals surface area contributed by atoms with Gasteiger partial charge in [0.2, 0.25) is 5.95 Å². The molecule has 224 valence electrons. The summed E-state index contributed by atoms with van der Waals surface area (Å²) < 4.78 is 4.72. The molecule has 0 saturated carbocycles. The maximum absolute atomic E-state index is 5.33. The first-order chi connectivity index (χ1) is 23.2. The van der Waals surface area contributed by atoms with Crippen LogP contribution in [0, 0.1) is 6.92 Å². The molecule has 6 aromatic carbocycles. The molecule has 47 heavy (non-hydrogen) atoms. The van der Waals surface area contributed by atoms with Crippen molar-refractivity contribution in [2.75, 3.05) is 0 Å². The zero-order chi connectivity index (χ0) is 31.5. The molecular weight excluding hydrogens is 573 g/mol. The van der Waals surface area contributed by atoms with Gasteiger partial charge in [-0.1, -0.05) is 116 Å². The Morgan fingerprint density at radius 1 is 0.489 bits per heavy atom. The lowest BCUT2D eigenvalue weighted by molar-refractivity contribution is 0.995. The first kappa shape index (κ1) is 27.3. The van der Waals surface area contributed by atoms with E-state index in [-0.39, 0.29) is 0 Å². The summed E-state index contributed by atoms with van der Waals surface area (Å²) >= 11 is 0. The van der Waals surface area contributed by atoms with Crippen LogP contribution in [0.2, 0.25) is 0 Å². The molecule has 3 heterocycles. The van der Waals surface area contributed by atoms with Gasteiger partial charge in [0.25, 0.3) is 0 Å². The van der Waals surface area contributed by atoms with Gasteiger partial charge in [0.15, 0.2) is 0 Å². The van der Waals surface area contributed by atoms with Gasteiger partial charge in [0, 0.05) is 38.4 Å². The van der Waals surface area contributed by atoms with Crippen LogP contribution in [0.25, 0.3) is 77.8 Å². The van der Waals surface area contributed by atoms with E-state index in [2.05, 4.69) is 156 Å². The predicted octanol–water partition coefficient (Wildman–Crippen LogP) is 10.9. The summed E-state index contributed by atoms with van der Waals surface area (Å²) in [5.74, 6) is 0.653. The Labute approximate surface area is 273 Å². The van der Waals surface area contributed by atoms with Crippen LogP contribution in [-0.2, 0) is 6.42 Å². The minimum atomic E-state index is 0.653. The molecule has 0 bridgehead atoms. The molecule has 0 aliphatic carbocycles. The molecule has 0 unspecified atom stereocenters. The molecule has 4 heteroatoms. The molecule has 0 spiro atoms. The van der Waals surface area contributed by atoms with E-state index >= 15 is 0 Å². The van der Waals surface area contributed by atoms with E-state index in [1.54, 1.807) is 0 Å². The van der Waals surface area contributed by atoms with Crippen LogP contribution in [0.5, 0.6) is 0 Å². The van der Waals surface area contributed by atoms with E-state index in [0.717, 1.165) is 51.2 Å². The first-order valence-electron chi connectivity index (χ1n) is 16.2. The summed E-state index contributed by atoms with van der Waals surface area (Å²) in [6.07, 6.45) is 0.984. The molecular formula is C43H32N4. The molecule has 0 amide bonds. The predicted molar refractivity (Wildman–Crippen MR) is 196 cm³/mol. The topological polar surface area (TPSA) is 35.6 Å². The van der Waals surface area contributed by atoms with Gasteiger partial charge in [-0.05, 0) is 61.4 Å². The summed E-state index contributed by atoms with van der Waals surface area (Å²) in [4.78, 5) is 10.7. The highest BCUT2D eigenvalue weighted by Gasteiger charge is 2.23. The first-order valence-corrected chi connectivity index (χ1v) is 16.2. The number of rotatable bonds is 5. The summed E-state index contributed by atoms with van der Waals surface area (Å²) in [5.41, 5.74) is 12.1. The van der Waals surface area contributed by atoms with Crippen molar-refractivity contribution < 1.29 is 0 Å². The molecule has 0 aliphatic rings. The highest BCUT2D eigenvalue weighted by molar-refractivity contribution is 6.23. The minimum absolute atomic E-state index is 0.653. The Balaban J connectivity index is 1.48. The highest BCUT2D eigenvalue weighted by Crippen LogP contribution is 2.42. The zero-order valence-electron chi connectivity index (χ0n) is 26.4. The van der Waals surface area contributed by atoms with Gasteiger partial charge in [0.05, 0.1) is 33.5 Å². The van der Waals surface area contributed by atoms with Crippen LogP contribution in [-0.4, -0.2) is 19.1 Å². The van der Waals surface area contributed by atoms with Crippen LogP contribution >= 0.6 is 0 Å². The maximum Gasteiger partial charge on any atom is 0.235 e. The smallest absolute Gasteiger partial charge is 0.235 e. The molecule has 0 fully saturated rings. The maximum atomic E-state index is 5.33. The monoisotopic (exact) mass is 604 g/mol. The van der Waals surface area contributed by atoms with Crippen LogP contribution < -0.4 is 0 Å². The Kier molecular flexibility index (Phi) is 6.29. The van der Waals surface area contributed by atoms with Crippen molar-refractivity contribution in [3.63, 3.8) is 0 Å². The molecule has 0 aliphatic heterocycles. The molecule has 0 saturated heterocycles. The molecule has 4 nitrogen and oxygen atoms in total.